The quantitative estimate of drug-likeness (QED) is 0.781. The second kappa shape index (κ2) is 6.13. The lowest BCUT2D eigenvalue weighted by molar-refractivity contribution is -0.116. The van der Waals surface area contributed by atoms with Gasteiger partial charge in [-0.15, -0.1) is 0 Å². The van der Waals surface area contributed by atoms with Gasteiger partial charge in [0.25, 0.3) is 0 Å². The number of hydrogen-bond donors (Lipinski definition) is 0. The fraction of sp³-hybridized carbons (Fsp3) is 0.409. The highest BCUT2D eigenvalue weighted by atomic mass is 16.5. The van der Waals surface area contributed by atoms with Crippen LogP contribution in [-0.2, 0) is 17.8 Å². The van der Waals surface area contributed by atoms with Gasteiger partial charge in [-0.3, -0.25) is 0 Å². The summed E-state index contributed by atoms with van der Waals surface area (Å²) in [5.41, 5.74) is 3.99. The van der Waals surface area contributed by atoms with E-state index in [4.69, 9.17) is 4.74 Å². The number of benzene rings is 2. The molecule has 3 aliphatic heterocycles. The smallest absolute Gasteiger partial charge is 0.321 e. The van der Waals surface area contributed by atoms with Crippen LogP contribution in [0.15, 0.2) is 54.6 Å². The molecule has 2 aromatic rings. The van der Waals surface area contributed by atoms with Gasteiger partial charge in [0.15, 0.2) is 0 Å². The van der Waals surface area contributed by atoms with Crippen molar-refractivity contribution < 1.29 is 9.53 Å². The average molecular weight is 348 g/mol. The van der Waals surface area contributed by atoms with Crippen LogP contribution in [0.2, 0.25) is 0 Å². The maximum atomic E-state index is 13.3. The number of likely N-dealkylation sites (tertiary alicyclic amines) is 1. The molecule has 1 atom stereocenters. The zero-order valence-corrected chi connectivity index (χ0v) is 14.9. The molecular formula is C22H24N2O2. The molecule has 2 saturated heterocycles. The van der Waals surface area contributed by atoms with Crippen molar-refractivity contribution in [2.45, 2.75) is 32.0 Å². The first kappa shape index (κ1) is 15.9. The summed E-state index contributed by atoms with van der Waals surface area (Å²) >= 11 is 0. The minimum absolute atomic E-state index is 0.170. The van der Waals surface area contributed by atoms with Gasteiger partial charge in [-0.1, -0.05) is 54.6 Å². The Morgan fingerprint density at radius 3 is 2.19 bits per heavy atom. The number of carbonyl (C=O) groups excluding carboxylic acids is 1. The third kappa shape index (κ3) is 2.43. The maximum Gasteiger partial charge on any atom is 0.321 e. The van der Waals surface area contributed by atoms with E-state index in [0.29, 0.717) is 0 Å². The molecule has 0 N–H and O–H groups in total. The van der Waals surface area contributed by atoms with Crippen LogP contribution >= 0.6 is 0 Å². The van der Waals surface area contributed by atoms with E-state index in [0.717, 1.165) is 45.7 Å². The number of urea groups is 1. The molecule has 2 fully saturated rings. The summed E-state index contributed by atoms with van der Waals surface area (Å²) < 4.78 is 5.61. The number of amides is 2. The molecule has 3 aliphatic rings. The molecule has 0 radical (unpaired) electrons. The number of rotatable bonds is 1. The highest BCUT2D eigenvalue weighted by molar-refractivity contribution is 5.77. The summed E-state index contributed by atoms with van der Waals surface area (Å²) in [6.07, 6.45) is 2.08. The summed E-state index contributed by atoms with van der Waals surface area (Å²) in [7, 11) is 0. The first-order chi connectivity index (χ1) is 12.8. The third-order valence-electron chi connectivity index (χ3n) is 6.34. The summed E-state index contributed by atoms with van der Waals surface area (Å²) in [5, 5.41) is 0. The SMILES string of the molecule is O=C(N1Cc2ccccc2C1)N1CC2(CCOCC2)C1c1ccccc1. The molecule has 0 saturated carbocycles. The lowest BCUT2D eigenvalue weighted by Crippen LogP contribution is -2.64. The number of ether oxygens (including phenoxy) is 1. The van der Waals surface area contributed by atoms with E-state index in [1.54, 1.807) is 0 Å². The van der Waals surface area contributed by atoms with Gasteiger partial charge in [0.1, 0.15) is 0 Å². The van der Waals surface area contributed by atoms with Crippen LogP contribution in [0.1, 0.15) is 35.6 Å². The summed E-state index contributed by atoms with van der Waals surface area (Å²) in [6, 6.07) is 19.3. The molecule has 4 nitrogen and oxygen atoms in total. The Balaban J connectivity index is 1.41. The lowest BCUT2D eigenvalue weighted by Gasteiger charge is -2.59. The molecule has 134 valence electrons. The minimum Gasteiger partial charge on any atom is -0.381 e. The standard InChI is InChI=1S/C22H24N2O2/c25-21(23-14-18-8-4-5-9-19(18)15-23)24-16-22(10-12-26-13-11-22)20(24)17-6-2-1-3-7-17/h1-9,20H,10-16H2. The normalized spacial score (nSPS) is 23.6. The predicted octanol–water partition coefficient (Wildman–Crippen LogP) is 3.98. The molecule has 0 aromatic heterocycles. The molecule has 0 bridgehead atoms. The lowest BCUT2D eigenvalue weighted by atomic mass is 9.64. The van der Waals surface area contributed by atoms with E-state index < -0.39 is 0 Å². The van der Waals surface area contributed by atoms with Gasteiger partial charge in [-0.25, -0.2) is 4.79 Å². The second-order valence-electron chi connectivity index (χ2n) is 7.82. The van der Waals surface area contributed by atoms with Gasteiger partial charge < -0.3 is 14.5 Å². The minimum atomic E-state index is 0.170. The summed E-state index contributed by atoms with van der Waals surface area (Å²) in [6.45, 7) is 3.91. The van der Waals surface area contributed by atoms with Gasteiger partial charge >= 0.3 is 6.03 Å². The summed E-state index contributed by atoms with van der Waals surface area (Å²) in [5.74, 6) is 0. The van der Waals surface area contributed by atoms with Gasteiger partial charge in [-0.05, 0) is 29.5 Å². The van der Waals surface area contributed by atoms with Gasteiger partial charge in [0.2, 0.25) is 0 Å². The Morgan fingerprint density at radius 1 is 0.923 bits per heavy atom. The Labute approximate surface area is 154 Å². The predicted molar refractivity (Wildman–Crippen MR) is 99.5 cm³/mol. The second-order valence-corrected chi connectivity index (χ2v) is 7.82. The zero-order chi connectivity index (χ0) is 17.6. The van der Waals surface area contributed by atoms with Gasteiger partial charge in [0, 0.05) is 38.3 Å². The van der Waals surface area contributed by atoms with Crippen molar-refractivity contribution in [1.82, 2.24) is 9.80 Å². The zero-order valence-electron chi connectivity index (χ0n) is 14.9. The van der Waals surface area contributed by atoms with Crippen molar-refractivity contribution >= 4 is 6.03 Å². The topological polar surface area (TPSA) is 32.8 Å². The van der Waals surface area contributed by atoms with Crippen molar-refractivity contribution in [2.24, 2.45) is 5.41 Å². The first-order valence-corrected chi connectivity index (χ1v) is 9.52. The van der Waals surface area contributed by atoms with Crippen LogP contribution in [0.3, 0.4) is 0 Å². The molecule has 0 aliphatic carbocycles. The summed E-state index contributed by atoms with van der Waals surface area (Å²) in [4.78, 5) is 17.4. The van der Waals surface area contributed by atoms with Gasteiger partial charge in [0.05, 0.1) is 6.04 Å². The fourth-order valence-electron chi connectivity index (χ4n) is 4.94. The fourth-order valence-corrected chi connectivity index (χ4v) is 4.94. The highest BCUT2D eigenvalue weighted by Gasteiger charge is 2.56. The van der Waals surface area contributed by atoms with Crippen LogP contribution in [0.5, 0.6) is 0 Å². The molecule has 1 spiro atoms. The van der Waals surface area contributed by atoms with Crippen molar-refractivity contribution in [2.75, 3.05) is 19.8 Å². The van der Waals surface area contributed by atoms with Crippen molar-refractivity contribution in [3.05, 3.63) is 71.3 Å². The Hall–Kier alpha value is -2.33. The van der Waals surface area contributed by atoms with E-state index in [1.165, 1.54) is 16.7 Å². The van der Waals surface area contributed by atoms with Crippen LogP contribution in [0, 0.1) is 5.41 Å². The van der Waals surface area contributed by atoms with E-state index in [9.17, 15) is 4.79 Å². The van der Waals surface area contributed by atoms with Crippen molar-refractivity contribution in [3.63, 3.8) is 0 Å². The maximum absolute atomic E-state index is 13.3. The number of carbonyl (C=O) groups is 1. The largest absolute Gasteiger partial charge is 0.381 e. The van der Waals surface area contributed by atoms with Crippen LogP contribution in [0.25, 0.3) is 0 Å². The van der Waals surface area contributed by atoms with Crippen molar-refractivity contribution in [3.8, 4) is 0 Å². The molecule has 5 rings (SSSR count). The molecule has 26 heavy (non-hydrogen) atoms. The monoisotopic (exact) mass is 348 g/mol. The van der Waals surface area contributed by atoms with E-state index in [2.05, 4.69) is 53.4 Å². The number of fused-ring (bicyclic) bond motifs is 1. The molecule has 3 heterocycles. The Kier molecular flexibility index (Phi) is 3.75. The van der Waals surface area contributed by atoms with Crippen LogP contribution in [-0.4, -0.2) is 35.6 Å². The first-order valence-electron chi connectivity index (χ1n) is 9.52. The Morgan fingerprint density at radius 2 is 1.54 bits per heavy atom. The number of nitrogens with zero attached hydrogens (tertiary/aromatic N) is 2. The van der Waals surface area contributed by atoms with E-state index in [-0.39, 0.29) is 17.5 Å². The third-order valence-corrected chi connectivity index (χ3v) is 6.34. The van der Waals surface area contributed by atoms with E-state index in [1.807, 2.05) is 11.0 Å². The van der Waals surface area contributed by atoms with Crippen molar-refractivity contribution in [1.29, 1.82) is 0 Å². The molecule has 2 aromatic carbocycles. The molecule has 4 heteroatoms. The molecular weight excluding hydrogens is 324 g/mol. The van der Waals surface area contributed by atoms with Crippen LogP contribution < -0.4 is 0 Å². The molecule has 2 amide bonds. The molecule has 1 unspecified atom stereocenters. The van der Waals surface area contributed by atoms with Crippen LogP contribution in [0.4, 0.5) is 4.79 Å². The highest BCUT2D eigenvalue weighted by Crippen LogP contribution is 2.55. The average Bonchev–Trinajstić information content (AvgIpc) is 3.11. The van der Waals surface area contributed by atoms with E-state index >= 15 is 0 Å². The Bertz CT molecular complexity index is 789. The number of hydrogen-bond acceptors (Lipinski definition) is 2. The van der Waals surface area contributed by atoms with Gasteiger partial charge in [-0.2, -0.15) is 0 Å².